The Bertz CT molecular complexity index is 1510. The minimum atomic E-state index is -1.37. The van der Waals surface area contributed by atoms with Crippen molar-refractivity contribution in [2.24, 2.45) is 28.6 Å². The van der Waals surface area contributed by atoms with Crippen LogP contribution in [0.25, 0.3) is 6.08 Å². The maximum atomic E-state index is 16.4. The van der Waals surface area contributed by atoms with Crippen molar-refractivity contribution in [3.63, 3.8) is 0 Å². The first-order chi connectivity index (χ1) is 20.8. The number of nitrogens with zero attached hydrogens (tertiary/aromatic N) is 3. The van der Waals surface area contributed by atoms with Crippen molar-refractivity contribution >= 4 is 11.9 Å². The van der Waals surface area contributed by atoms with Crippen LogP contribution >= 0.6 is 0 Å². The number of Topliss-reactive ketones (excluding diaryl/α,β-unsaturated/α-hetero) is 1. The lowest BCUT2D eigenvalue weighted by molar-refractivity contribution is -0.228. The van der Waals surface area contributed by atoms with E-state index in [-0.39, 0.29) is 24.2 Å². The zero-order chi connectivity index (χ0) is 31.2. The molecule has 10 heteroatoms. The number of allylic oxidation sites excluding steroid dienone is 1. The van der Waals surface area contributed by atoms with Crippen molar-refractivity contribution in [3.05, 3.63) is 52.6 Å². The number of aliphatic hydroxyl groups excluding tert-OH is 2. The molecule has 0 unspecified atom stereocenters. The molecule has 0 radical (unpaired) electrons. The Morgan fingerprint density at radius 1 is 1.20 bits per heavy atom. The molecule has 238 valence electrons. The van der Waals surface area contributed by atoms with Crippen LogP contribution in [0.2, 0.25) is 0 Å². The molecule has 0 bridgehead atoms. The van der Waals surface area contributed by atoms with E-state index in [2.05, 4.69) is 18.0 Å². The Kier molecular flexibility index (Phi) is 7.03. The lowest BCUT2D eigenvalue weighted by atomic mass is 9.45. The molecule has 9 nitrogen and oxygen atoms in total. The first-order valence-electron chi connectivity index (χ1n) is 16.0. The third-order valence-electron chi connectivity index (χ3n) is 11.6. The molecule has 44 heavy (non-hydrogen) atoms. The van der Waals surface area contributed by atoms with Gasteiger partial charge in [-0.25, -0.2) is 4.39 Å². The van der Waals surface area contributed by atoms with Crippen LogP contribution in [-0.4, -0.2) is 73.7 Å². The smallest absolute Gasteiger partial charge is 0.193 e. The lowest BCUT2D eigenvalue weighted by Crippen LogP contribution is -2.65. The number of alkyl halides is 1. The van der Waals surface area contributed by atoms with Gasteiger partial charge in [-0.1, -0.05) is 13.8 Å². The Labute approximate surface area is 257 Å². The van der Waals surface area contributed by atoms with Gasteiger partial charge in [0.1, 0.15) is 12.8 Å². The molecule has 3 saturated carbocycles. The molecule has 0 spiro atoms. The summed E-state index contributed by atoms with van der Waals surface area (Å²) in [6.45, 7) is 10.6. The predicted octanol–water partition coefficient (Wildman–Crippen LogP) is 4.03. The van der Waals surface area contributed by atoms with Gasteiger partial charge < -0.3 is 24.4 Å². The molecular formula is C34H44FN3O6. The topological polar surface area (TPSA) is 116 Å². The van der Waals surface area contributed by atoms with E-state index < -0.39 is 53.0 Å². The number of hydrogen-bond acceptors (Lipinski definition) is 8. The number of rotatable bonds is 7. The van der Waals surface area contributed by atoms with Crippen LogP contribution in [0.1, 0.15) is 76.3 Å². The van der Waals surface area contributed by atoms with Crippen molar-refractivity contribution in [2.45, 2.75) is 103 Å². The van der Waals surface area contributed by atoms with Gasteiger partial charge in [-0.2, -0.15) is 5.10 Å². The van der Waals surface area contributed by atoms with E-state index in [0.29, 0.717) is 44.6 Å². The van der Waals surface area contributed by atoms with Gasteiger partial charge in [-0.15, -0.1) is 0 Å². The molecule has 1 aliphatic heterocycles. The maximum absolute atomic E-state index is 16.4. The number of hydrogen-bond donors (Lipinski definition) is 2. The highest BCUT2D eigenvalue weighted by molar-refractivity contribution is 5.91. The van der Waals surface area contributed by atoms with Crippen molar-refractivity contribution in [1.29, 1.82) is 0 Å². The summed E-state index contributed by atoms with van der Waals surface area (Å²) in [4.78, 5) is 17.9. The van der Waals surface area contributed by atoms with Gasteiger partial charge in [0.2, 0.25) is 0 Å². The molecule has 2 N–H and O–H groups in total. The highest BCUT2D eigenvalue weighted by atomic mass is 19.1. The van der Waals surface area contributed by atoms with Gasteiger partial charge >= 0.3 is 0 Å². The molecule has 4 fully saturated rings. The molecule has 7 rings (SSSR count). The summed E-state index contributed by atoms with van der Waals surface area (Å²) in [5, 5.41) is 26.9. The first-order valence-corrected chi connectivity index (χ1v) is 16.0. The molecule has 4 aliphatic carbocycles. The van der Waals surface area contributed by atoms with Crippen molar-refractivity contribution in [2.75, 3.05) is 13.2 Å². The van der Waals surface area contributed by atoms with E-state index in [4.69, 9.17) is 19.3 Å². The second-order valence-corrected chi connectivity index (χ2v) is 14.6. The number of ketones is 1. The molecule has 2 aromatic rings. The van der Waals surface area contributed by atoms with Crippen molar-refractivity contribution < 1.29 is 33.6 Å². The van der Waals surface area contributed by atoms with E-state index in [0.717, 1.165) is 22.4 Å². The fraction of sp³-hybridized carbons (Fsp3) is 0.676. The third kappa shape index (κ3) is 4.24. The number of ether oxygens (including phenoxy) is 3. The predicted molar refractivity (Wildman–Crippen MR) is 159 cm³/mol. The molecule has 5 aliphatic rings. The van der Waals surface area contributed by atoms with E-state index >= 15 is 4.39 Å². The molecular weight excluding hydrogens is 565 g/mol. The van der Waals surface area contributed by atoms with Crippen molar-refractivity contribution in [1.82, 2.24) is 14.8 Å². The summed E-state index contributed by atoms with van der Waals surface area (Å²) in [6, 6.07) is 2.07. The highest BCUT2D eigenvalue weighted by Gasteiger charge is 2.77. The van der Waals surface area contributed by atoms with Gasteiger partial charge in [-0.05, 0) is 98.6 Å². The molecule has 2 aromatic heterocycles. The molecule has 0 amide bonds. The minimum Gasteiger partial charge on any atom is -0.393 e. The Morgan fingerprint density at radius 2 is 1.98 bits per heavy atom. The molecule has 1 saturated heterocycles. The number of halogens is 1. The van der Waals surface area contributed by atoms with Gasteiger partial charge in [0.05, 0.1) is 31.1 Å². The van der Waals surface area contributed by atoms with E-state index in [1.165, 1.54) is 0 Å². The fourth-order valence-corrected chi connectivity index (χ4v) is 10.2. The molecule has 0 aromatic carbocycles. The van der Waals surface area contributed by atoms with Crippen LogP contribution in [0.15, 0.2) is 30.2 Å². The zero-order valence-corrected chi connectivity index (χ0v) is 26.3. The molecule has 3 heterocycles. The van der Waals surface area contributed by atoms with Crippen molar-refractivity contribution in [3.8, 4) is 0 Å². The monoisotopic (exact) mass is 609 g/mol. The van der Waals surface area contributed by atoms with E-state index in [1.54, 1.807) is 20.0 Å². The van der Waals surface area contributed by atoms with Gasteiger partial charge in [0.15, 0.2) is 17.2 Å². The number of pyridine rings is 1. The highest BCUT2D eigenvalue weighted by Crippen LogP contribution is 2.70. The average Bonchev–Trinajstić information content (AvgIpc) is 3.55. The SMILES string of the molecule is CCOCc1cncc(Cn2cc3c(n2)C=C2[C@@H](F)C[C@@H]4[C@H]([C@@H](O)C[C@@]5(C)[C@H]4C[C@H]4OC(C)(C)O[C@]45C(=O)CO)[C@@]2(C)C3)c1. The Morgan fingerprint density at radius 3 is 2.73 bits per heavy atom. The second kappa shape index (κ2) is 10.3. The normalized spacial score (nSPS) is 40.0. The zero-order valence-electron chi connectivity index (χ0n) is 26.3. The van der Waals surface area contributed by atoms with Crippen LogP contribution in [0, 0.1) is 28.6 Å². The number of aliphatic hydroxyl groups is 2. The summed E-state index contributed by atoms with van der Waals surface area (Å²) in [7, 11) is 0. The number of carbonyl (C=O) groups is 1. The van der Waals surface area contributed by atoms with Crippen LogP contribution in [0.3, 0.4) is 0 Å². The van der Waals surface area contributed by atoms with Crippen LogP contribution in [0.5, 0.6) is 0 Å². The number of fused-ring (bicyclic) bond motifs is 8. The summed E-state index contributed by atoms with van der Waals surface area (Å²) >= 11 is 0. The lowest BCUT2D eigenvalue weighted by Gasteiger charge is -2.61. The summed E-state index contributed by atoms with van der Waals surface area (Å²) in [5.41, 5.74) is 1.73. The van der Waals surface area contributed by atoms with Gasteiger partial charge in [0, 0.05) is 36.0 Å². The Hall–Kier alpha value is -2.50. The second-order valence-electron chi connectivity index (χ2n) is 14.6. The third-order valence-corrected chi connectivity index (χ3v) is 11.6. The van der Waals surface area contributed by atoms with E-state index in [9.17, 15) is 15.0 Å². The fourth-order valence-electron chi connectivity index (χ4n) is 10.2. The van der Waals surface area contributed by atoms with E-state index in [1.807, 2.05) is 37.0 Å². The molecule has 9 atom stereocenters. The first kappa shape index (κ1) is 30.2. The summed E-state index contributed by atoms with van der Waals surface area (Å²) < 4.78 is 36.5. The van der Waals surface area contributed by atoms with Crippen LogP contribution in [0.4, 0.5) is 4.39 Å². The summed E-state index contributed by atoms with van der Waals surface area (Å²) in [5.74, 6) is -1.91. The van der Waals surface area contributed by atoms with Crippen LogP contribution < -0.4 is 0 Å². The minimum absolute atomic E-state index is 0.107. The quantitative estimate of drug-likeness (QED) is 0.484. The average molecular weight is 610 g/mol. The number of carbonyl (C=O) groups excluding carboxylic acids is 1. The van der Waals surface area contributed by atoms with Crippen LogP contribution in [-0.2, 0) is 38.6 Å². The number of aromatic nitrogens is 3. The standard InChI is InChI=1S/C34H44FN3O6/c1-6-42-18-20-7-19(13-36-14-20)15-38-16-21-11-32(4)24(9-26(21)37-38)25(35)8-22-23-10-29-34(28(41)17-39,44-31(2,3)43-29)33(23,5)12-27(40)30(22)32/h7,9,13-14,16,22-23,25,27,29-30,39-40H,6,8,10-12,15,17-18H2,1-5H3/t22-,23-,25-,27-,29+,30+,32-,33-,34+/m0/s1. The largest absolute Gasteiger partial charge is 0.393 e. The summed E-state index contributed by atoms with van der Waals surface area (Å²) in [6.07, 6.45) is 6.72. The van der Waals surface area contributed by atoms with Gasteiger partial charge in [-0.3, -0.25) is 14.5 Å². The Balaban J connectivity index is 1.20. The van der Waals surface area contributed by atoms with Gasteiger partial charge in [0.25, 0.3) is 0 Å². The maximum Gasteiger partial charge on any atom is 0.193 e.